The first-order valence-corrected chi connectivity index (χ1v) is 9.45. The molecule has 2 aromatic rings. The van der Waals surface area contributed by atoms with Crippen LogP contribution in [-0.2, 0) is 20.4 Å². The number of rotatable bonds is 7. The van der Waals surface area contributed by atoms with Gasteiger partial charge in [-0.25, -0.2) is 19.6 Å². The van der Waals surface area contributed by atoms with Crippen LogP contribution in [0.2, 0.25) is 5.02 Å². The maximum Gasteiger partial charge on any atom is 0.416 e. The number of carbonyl (C=O) groups is 1. The molecule has 1 atom stereocenters. The van der Waals surface area contributed by atoms with Crippen LogP contribution in [-0.4, -0.2) is 42.3 Å². The molecule has 0 spiro atoms. The van der Waals surface area contributed by atoms with Crippen LogP contribution in [0.25, 0.3) is 5.57 Å². The van der Waals surface area contributed by atoms with Gasteiger partial charge in [-0.05, 0) is 30.5 Å². The lowest BCUT2D eigenvalue weighted by Gasteiger charge is -2.21. The molecule has 0 saturated heterocycles. The van der Waals surface area contributed by atoms with Gasteiger partial charge in [-0.2, -0.15) is 13.2 Å². The fourth-order valence-corrected chi connectivity index (χ4v) is 3.03. The van der Waals surface area contributed by atoms with Gasteiger partial charge in [0.25, 0.3) is 0 Å². The third-order valence-electron chi connectivity index (χ3n) is 4.57. The van der Waals surface area contributed by atoms with Crippen LogP contribution in [0, 0.1) is 0 Å². The van der Waals surface area contributed by atoms with E-state index in [0.717, 1.165) is 25.0 Å². The molecule has 3 rings (SSSR count). The van der Waals surface area contributed by atoms with E-state index >= 15 is 0 Å². The first kappa shape index (κ1) is 22.7. The van der Waals surface area contributed by atoms with Crippen molar-refractivity contribution in [2.45, 2.75) is 31.2 Å². The third-order valence-corrected chi connectivity index (χ3v) is 4.92. The smallest absolute Gasteiger partial charge is 0.416 e. The van der Waals surface area contributed by atoms with E-state index in [1.54, 1.807) is 5.94 Å². The maximum absolute atomic E-state index is 13.1. The minimum absolute atomic E-state index is 0.0226. The second-order valence-corrected chi connectivity index (χ2v) is 7.09. The number of nitrogens with one attached hydrogen (secondary N) is 1. The summed E-state index contributed by atoms with van der Waals surface area (Å²) in [7, 11) is 2.41. The van der Waals surface area contributed by atoms with Crippen LogP contribution >= 0.6 is 11.6 Å². The van der Waals surface area contributed by atoms with E-state index in [2.05, 4.69) is 15.3 Å². The number of nitrogens with zero attached hydrogens (tertiary/aromatic N) is 2. The molecule has 1 aromatic carbocycles. The number of methoxy groups -OCH3 is 2. The number of benzene rings is 1. The highest BCUT2D eigenvalue weighted by Crippen LogP contribution is 2.40. The predicted molar refractivity (Wildman–Crippen MR) is 105 cm³/mol. The average Bonchev–Trinajstić information content (AvgIpc) is 3.59. The van der Waals surface area contributed by atoms with Gasteiger partial charge in [0.15, 0.2) is 17.7 Å². The van der Waals surface area contributed by atoms with Gasteiger partial charge in [0, 0.05) is 13.0 Å². The first-order valence-electron chi connectivity index (χ1n) is 9.07. The summed E-state index contributed by atoms with van der Waals surface area (Å²) in [4.78, 5) is 32.1. The molecule has 7 nitrogen and oxygen atoms in total. The monoisotopic (exact) mass is 455 g/mol. The Kier molecular flexibility index (Phi) is 6.64. The largest absolute Gasteiger partial charge is 0.464 e. The molecule has 11 heteroatoms. The van der Waals surface area contributed by atoms with Crippen LogP contribution < -0.4 is 5.32 Å². The van der Waals surface area contributed by atoms with Gasteiger partial charge in [0.2, 0.25) is 0 Å². The molecule has 1 aliphatic carbocycles. The lowest BCUT2D eigenvalue weighted by atomic mass is 10.0. The topological polar surface area (TPSA) is 90.4 Å². The summed E-state index contributed by atoms with van der Waals surface area (Å²) in [6, 6.07) is 4.18. The van der Waals surface area contributed by atoms with Crippen molar-refractivity contribution >= 4 is 34.9 Å². The van der Waals surface area contributed by atoms with Crippen LogP contribution in [0.3, 0.4) is 0 Å². The van der Waals surface area contributed by atoms with E-state index in [1.807, 2.05) is 0 Å². The van der Waals surface area contributed by atoms with Crippen molar-refractivity contribution in [3.63, 3.8) is 0 Å². The summed E-state index contributed by atoms with van der Waals surface area (Å²) in [6.07, 6.45) is -4.19. The second-order valence-electron chi connectivity index (χ2n) is 6.71. The summed E-state index contributed by atoms with van der Waals surface area (Å²) in [5.41, 5.74) is -1.40. The second kappa shape index (κ2) is 9.05. The Morgan fingerprint density at radius 2 is 2.00 bits per heavy atom. The van der Waals surface area contributed by atoms with Crippen molar-refractivity contribution in [3.8, 4) is 0 Å². The minimum Gasteiger partial charge on any atom is -0.464 e. The zero-order chi connectivity index (χ0) is 22.8. The number of aromatic nitrogens is 2. The molecule has 0 bridgehead atoms. The van der Waals surface area contributed by atoms with Crippen molar-refractivity contribution < 1.29 is 32.2 Å². The van der Waals surface area contributed by atoms with E-state index in [4.69, 9.17) is 21.1 Å². The van der Waals surface area contributed by atoms with Gasteiger partial charge in [-0.15, -0.1) is 0 Å². The lowest BCUT2D eigenvalue weighted by molar-refractivity contribution is -0.137. The summed E-state index contributed by atoms with van der Waals surface area (Å²) in [5, 5.41) is 2.58. The van der Waals surface area contributed by atoms with Crippen molar-refractivity contribution in [1.29, 1.82) is 0 Å². The molecule has 0 radical (unpaired) electrons. The Labute approximate surface area is 180 Å². The summed E-state index contributed by atoms with van der Waals surface area (Å²) < 4.78 is 49.1. The fraction of sp³-hybridized carbons (Fsp3) is 0.350. The van der Waals surface area contributed by atoms with Gasteiger partial charge in [-0.3, -0.25) is 0 Å². The molecule has 0 amide bonds. The van der Waals surface area contributed by atoms with Crippen LogP contribution in [0.5, 0.6) is 0 Å². The summed E-state index contributed by atoms with van der Waals surface area (Å²) in [5.74, 6) is 1.22. The van der Waals surface area contributed by atoms with Crippen molar-refractivity contribution in [1.82, 2.24) is 9.97 Å². The molecular weight excluding hydrogens is 439 g/mol. The maximum atomic E-state index is 13.1. The van der Waals surface area contributed by atoms with E-state index in [9.17, 15) is 22.8 Å². The van der Waals surface area contributed by atoms with Gasteiger partial charge in [0.05, 0.1) is 18.2 Å². The van der Waals surface area contributed by atoms with E-state index < -0.39 is 23.9 Å². The van der Waals surface area contributed by atoms with Crippen molar-refractivity contribution in [3.05, 3.63) is 51.9 Å². The van der Waals surface area contributed by atoms with Gasteiger partial charge in [-0.1, -0.05) is 23.7 Å². The van der Waals surface area contributed by atoms with Crippen molar-refractivity contribution in [2.75, 3.05) is 19.5 Å². The molecule has 1 heterocycles. The quantitative estimate of drug-likeness (QED) is 0.381. The molecule has 1 aliphatic rings. The number of hydrogen-bond donors (Lipinski definition) is 1. The molecule has 1 saturated carbocycles. The summed E-state index contributed by atoms with van der Waals surface area (Å²) >= 11 is 6.26. The Bertz CT molecular complexity index is 1050. The summed E-state index contributed by atoms with van der Waals surface area (Å²) in [6.45, 7) is 0. The molecule has 1 aromatic heterocycles. The fourth-order valence-electron chi connectivity index (χ4n) is 2.82. The van der Waals surface area contributed by atoms with Crippen LogP contribution in [0.4, 0.5) is 19.0 Å². The zero-order valence-electron chi connectivity index (χ0n) is 16.4. The number of carbonyl (C=O) groups excluding carboxylic acids is 2. The standard InChI is InChI=1S/C20H17ClF3N3O4/c1-30-18(13(9-28)11-4-3-5-12(8-11)20(22,23)24)27-17-14(21)15(19(29)31-2)25-16(26-17)10-6-7-10/h3-5,8,10,18H,6-7H2,1-2H3,(H,25,26,27)/t18-/m0/s1. The minimum atomic E-state index is -4.59. The van der Waals surface area contributed by atoms with Crippen molar-refractivity contribution in [2.24, 2.45) is 0 Å². The Balaban J connectivity index is 1.99. The van der Waals surface area contributed by atoms with Crippen LogP contribution in [0.15, 0.2) is 24.3 Å². The van der Waals surface area contributed by atoms with E-state index in [-0.39, 0.29) is 33.6 Å². The SMILES string of the molecule is COC(=O)c1nc(C2CC2)nc(N[C@@H](OC)C(=C=O)c2cccc(C(F)(F)F)c2)c1Cl. The lowest BCUT2D eigenvalue weighted by Crippen LogP contribution is -2.26. The predicted octanol–water partition coefficient (Wildman–Crippen LogP) is 4.11. The first-order chi connectivity index (χ1) is 14.7. The molecule has 1 N–H and O–H groups in total. The Morgan fingerprint density at radius 3 is 2.55 bits per heavy atom. The van der Waals surface area contributed by atoms with E-state index in [0.29, 0.717) is 5.82 Å². The highest BCUT2D eigenvalue weighted by molar-refractivity contribution is 6.35. The third kappa shape index (κ3) is 5.04. The molecule has 1 fully saturated rings. The number of halogens is 4. The highest BCUT2D eigenvalue weighted by Gasteiger charge is 2.33. The number of esters is 1. The van der Waals surface area contributed by atoms with Gasteiger partial charge >= 0.3 is 12.1 Å². The Hall–Kier alpha value is -2.94. The number of ether oxygens (including phenoxy) is 2. The average molecular weight is 456 g/mol. The Morgan fingerprint density at radius 1 is 1.29 bits per heavy atom. The van der Waals surface area contributed by atoms with E-state index in [1.165, 1.54) is 26.4 Å². The van der Waals surface area contributed by atoms with Gasteiger partial charge < -0.3 is 14.8 Å². The zero-order valence-corrected chi connectivity index (χ0v) is 17.2. The molecule has 0 unspecified atom stereocenters. The molecular formula is C20H17ClF3N3O4. The number of anilines is 1. The number of hydrogen-bond acceptors (Lipinski definition) is 7. The molecule has 0 aliphatic heterocycles. The number of alkyl halides is 3. The van der Waals surface area contributed by atoms with Gasteiger partial charge in [0.1, 0.15) is 16.8 Å². The molecule has 164 valence electrons. The molecule has 31 heavy (non-hydrogen) atoms. The normalized spacial score (nSPS) is 14.5. The highest BCUT2D eigenvalue weighted by atomic mass is 35.5. The van der Waals surface area contributed by atoms with Crippen LogP contribution in [0.1, 0.15) is 46.2 Å².